The Bertz CT molecular complexity index is 895. The third-order valence-electron chi connectivity index (χ3n) is 3.13. The van der Waals surface area contributed by atoms with E-state index in [2.05, 4.69) is 4.98 Å². The summed E-state index contributed by atoms with van der Waals surface area (Å²) in [6, 6.07) is 14.2. The standard InChI is InChI=1S/C15H8FNO/c16-10-5-6-13-9(7-10)8-12-11-3-1-2-4-14(11)18-15(12)17-13/h1-8H. The lowest BCUT2D eigenvalue weighted by molar-refractivity contribution is 0.629. The van der Waals surface area contributed by atoms with Crippen molar-refractivity contribution in [1.29, 1.82) is 0 Å². The van der Waals surface area contributed by atoms with Gasteiger partial charge in [-0.05, 0) is 30.3 Å². The summed E-state index contributed by atoms with van der Waals surface area (Å²) >= 11 is 0. The van der Waals surface area contributed by atoms with Crippen molar-refractivity contribution in [3.05, 3.63) is 54.3 Å². The number of rotatable bonds is 0. The number of para-hydroxylation sites is 1. The predicted molar refractivity (Wildman–Crippen MR) is 69.0 cm³/mol. The lowest BCUT2D eigenvalue weighted by Crippen LogP contribution is -1.81. The average molecular weight is 237 g/mol. The van der Waals surface area contributed by atoms with E-state index < -0.39 is 0 Å². The van der Waals surface area contributed by atoms with E-state index in [1.165, 1.54) is 12.1 Å². The summed E-state index contributed by atoms with van der Waals surface area (Å²) in [5.41, 5.74) is 2.13. The Hall–Kier alpha value is -2.42. The minimum atomic E-state index is -0.253. The fraction of sp³-hybridized carbons (Fsp3) is 0. The maximum absolute atomic E-state index is 13.2. The molecule has 4 rings (SSSR count). The monoisotopic (exact) mass is 237 g/mol. The van der Waals surface area contributed by atoms with Crippen LogP contribution in [-0.4, -0.2) is 4.98 Å². The molecule has 0 bridgehead atoms. The molecule has 0 saturated carbocycles. The van der Waals surface area contributed by atoms with Crippen LogP contribution >= 0.6 is 0 Å². The van der Waals surface area contributed by atoms with Crippen LogP contribution < -0.4 is 0 Å². The molecule has 86 valence electrons. The molecule has 0 saturated heterocycles. The zero-order valence-corrected chi connectivity index (χ0v) is 9.35. The number of pyridine rings is 1. The van der Waals surface area contributed by atoms with Gasteiger partial charge in [-0.15, -0.1) is 0 Å². The second-order valence-corrected chi connectivity index (χ2v) is 4.28. The molecular formula is C15H8FNO. The van der Waals surface area contributed by atoms with Crippen LogP contribution in [0.5, 0.6) is 0 Å². The Morgan fingerprint density at radius 1 is 0.944 bits per heavy atom. The summed E-state index contributed by atoms with van der Waals surface area (Å²) in [6.07, 6.45) is 0. The van der Waals surface area contributed by atoms with Crippen molar-refractivity contribution >= 4 is 33.0 Å². The maximum Gasteiger partial charge on any atom is 0.227 e. The summed E-state index contributed by atoms with van der Waals surface area (Å²) < 4.78 is 18.9. The van der Waals surface area contributed by atoms with Crippen LogP contribution in [0.25, 0.3) is 33.0 Å². The van der Waals surface area contributed by atoms with Gasteiger partial charge >= 0.3 is 0 Å². The Morgan fingerprint density at radius 2 is 1.83 bits per heavy atom. The number of halogens is 1. The second-order valence-electron chi connectivity index (χ2n) is 4.28. The van der Waals surface area contributed by atoms with Gasteiger partial charge in [-0.25, -0.2) is 9.37 Å². The number of fused-ring (bicyclic) bond motifs is 4. The Kier molecular flexibility index (Phi) is 1.75. The number of aromatic nitrogens is 1. The van der Waals surface area contributed by atoms with Crippen LogP contribution in [0, 0.1) is 5.82 Å². The predicted octanol–water partition coefficient (Wildman–Crippen LogP) is 4.27. The largest absolute Gasteiger partial charge is 0.438 e. The average Bonchev–Trinajstić information content (AvgIpc) is 2.74. The highest BCUT2D eigenvalue weighted by molar-refractivity contribution is 6.07. The fourth-order valence-electron chi connectivity index (χ4n) is 2.28. The molecule has 4 aromatic rings. The minimum absolute atomic E-state index is 0.253. The third kappa shape index (κ3) is 1.24. The zero-order chi connectivity index (χ0) is 12.1. The summed E-state index contributed by atoms with van der Waals surface area (Å²) in [6.45, 7) is 0. The van der Waals surface area contributed by atoms with E-state index in [9.17, 15) is 4.39 Å². The first kappa shape index (κ1) is 9.59. The molecule has 2 heterocycles. The SMILES string of the molecule is Fc1ccc2nc3oc4ccccc4c3cc2c1. The van der Waals surface area contributed by atoms with E-state index in [-0.39, 0.29) is 5.82 Å². The van der Waals surface area contributed by atoms with Gasteiger partial charge in [0.15, 0.2) is 0 Å². The molecule has 0 N–H and O–H groups in total. The number of hydrogen-bond acceptors (Lipinski definition) is 2. The number of hydrogen-bond donors (Lipinski definition) is 0. The number of furan rings is 1. The number of nitrogens with zero attached hydrogens (tertiary/aromatic N) is 1. The molecule has 0 aliphatic heterocycles. The van der Waals surface area contributed by atoms with Gasteiger partial charge in [0.1, 0.15) is 11.4 Å². The van der Waals surface area contributed by atoms with E-state index >= 15 is 0 Å². The van der Waals surface area contributed by atoms with Crippen molar-refractivity contribution < 1.29 is 8.81 Å². The molecule has 2 nitrogen and oxygen atoms in total. The highest BCUT2D eigenvalue weighted by Gasteiger charge is 2.09. The summed E-state index contributed by atoms with van der Waals surface area (Å²) in [7, 11) is 0. The van der Waals surface area contributed by atoms with Crippen molar-refractivity contribution in [2.75, 3.05) is 0 Å². The molecular weight excluding hydrogens is 229 g/mol. The summed E-state index contributed by atoms with van der Waals surface area (Å²) in [4.78, 5) is 4.42. The van der Waals surface area contributed by atoms with E-state index in [1.54, 1.807) is 6.07 Å². The van der Waals surface area contributed by atoms with Crippen molar-refractivity contribution in [3.8, 4) is 0 Å². The van der Waals surface area contributed by atoms with Gasteiger partial charge in [-0.1, -0.05) is 18.2 Å². The summed E-state index contributed by atoms with van der Waals surface area (Å²) in [5, 5.41) is 2.71. The second kappa shape index (κ2) is 3.29. The molecule has 2 aromatic carbocycles. The van der Waals surface area contributed by atoms with E-state index in [0.29, 0.717) is 5.71 Å². The first-order valence-corrected chi connectivity index (χ1v) is 5.69. The topological polar surface area (TPSA) is 26.0 Å². The molecule has 0 radical (unpaired) electrons. The Morgan fingerprint density at radius 3 is 2.78 bits per heavy atom. The van der Waals surface area contributed by atoms with E-state index in [4.69, 9.17) is 4.42 Å². The van der Waals surface area contributed by atoms with Crippen LogP contribution in [0.2, 0.25) is 0 Å². The molecule has 0 atom stereocenters. The highest BCUT2D eigenvalue weighted by atomic mass is 19.1. The van der Waals surface area contributed by atoms with Gasteiger partial charge in [-0.2, -0.15) is 0 Å². The zero-order valence-electron chi connectivity index (χ0n) is 9.35. The highest BCUT2D eigenvalue weighted by Crippen LogP contribution is 2.29. The Labute approximate surface area is 102 Å². The molecule has 0 amide bonds. The first-order chi connectivity index (χ1) is 8.81. The van der Waals surface area contributed by atoms with Crippen LogP contribution in [0.4, 0.5) is 4.39 Å². The third-order valence-corrected chi connectivity index (χ3v) is 3.13. The van der Waals surface area contributed by atoms with Gasteiger partial charge in [0.2, 0.25) is 5.71 Å². The van der Waals surface area contributed by atoms with Crippen LogP contribution in [0.3, 0.4) is 0 Å². The first-order valence-electron chi connectivity index (χ1n) is 5.69. The molecule has 0 unspecified atom stereocenters. The maximum atomic E-state index is 13.2. The molecule has 2 aromatic heterocycles. The molecule has 0 spiro atoms. The molecule has 0 aliphatic rings. The van der Waals surface area contributed by atoms with Crippen LogP contribution in [-0.2, 0) is 0 Å². The van der Waals surface area contributed by atoms with Gasteiger partial charge in [0.05, 0.1) is 5.52 Å². The van der Waals surface area contributed by atoms with Crippen molar-refractivity contribution in [3.63, 3.8) is 0 Å². The van der Waals surface area contributed by atoms with Gasteiger partial charge < -0.3 is 4.42 Å². The smallest absolute Gasteiger partial charge is 0.227 e. The molecule has 18 heavy (non-hydrogen) atoms. The Balaban J connectivity index is 2.24. The quantitative estimate of drug-likeness (QED) is 0.456. The minimum Gasteiger partial charge on any atom is -0.438 e. The van der Waals surface area contributed by atoms with Crippen LogP contribution in [0.15, 0.2) is 52.9 Å². The lowest BCUT2D eigenvalue weighted by Gasteiger charge is -1.97. The van der Waals surface area contributed by atoms with Gasteiger partial charge in [-0.3, -0.25) is 0 Å². The van der Waals surface area contributed by atoms with E-state index in [1.807, 2.05) is 30.3 Å². The molecule has 0 aliphatic carbocycles. The van der Waals surface area contributed by atoms with Gasteiger partial charge in [0.25, 0.3) is 0 Å². The van der Waals surface area contributed by atoms with Gasteiger partial charge in [0, 0.05) is 16.2 Å². The van der Waals surface area contributed by atoms with Crippen molar-refractivity contribution in [2.24, 2.45) is 0 Å². The lowest BCUT2D eigenvalue weighted by atomic mass is 10.1. The normalized spacial score (nSPS) is 11.6. The molecule has 0 fully saturated rings. The fourth-order valence-corrected chi connectivity index (χ4v) is 2.28. The molecule has 3 heteroatoms. The summed E-state index contributed by atoms with van der Waals surface area (Å²) in [5.74, 6) is -0.253. The van der Waals surface area contributed by atoms with Crippen molar-refractivity contribution in [1.82, 2.24) is 4.98 Å². The number of benzene rings is 2. The van der Waals surface area contributed by atoms with Crippen LogP contribution in [0.1, 0.15) is 0 Å². The van der Waals surface area contributed by atoms with E-state index in [0.717, 1.165) is 27.3 Å². The van der Waals surface area contributed by atoms with Crippen molar-refractivity contribution in [2.45, 2.75) is 0 Å².